The van der Waals surface area contributed by atoms with E-state index in [0.29, 0.717) is 63.6 Å². The lowest BCUT2D eigenvalue weighted by Gasteiger charge is -2.35. The van der Waals surface area contributed by atoms with Crippen LogP contribution in [0.1, 0.15) is 55.1 Å². The summed E-state index contributed by atoms with van der Waals surface area (Å²) < 4.78 is 38.0. The largest absolute Gasteiger partial charge is 0.508 e. The monoisotopic (exact) mass is 615 g/mol. The van der Waals surface area contributed by atoms with Gasteiger partial charge in [0.2, 0.25) is 0 Å². The maximum atomic E-state index is 15.0. The minimum absolute atomic E-state index is 0.147. The molecule has 0 unspecified atom stereocenters. The number of fused-ring (bicyclic) bond motifs is 4. The first-order chi connectivity index (χ1) is 21.9. The van der Waals surface area contributed by atoms with E-state index in [9.17, 15) is 9.50 Å². The smallest absolute Gasteiger partial charge is 0.318 e. The van der Waals surface area contributed by atoms with Crippen LogP contribution in [0.25, 0.3) is 10.8 Å². The zero-order chi connectivity index (χ0) is 30.7. The quantitative estimate of drug-likeness (QED) is 0.319. The zero-order valence-electron chi connectivity index (χ0n) is 25.7. The minimum atomic E-state index is -0.834. The van der Waals surface area contributed by atoms with Crippen LogP contribution in [-0.4, -0.2) is 74.3 Å². The Morgan fingerprint density at radius 2 is 1.96 bits per heavy atom. The van der Waals surface area contributed by atoms with Crippen LogP contribution in [0.2, 0.25) is 0 Å². The Bertz CT molecular complexity index is 1760. The van der Waals surface area contributed by atoms with Gasteiger partial charge >= 0.3 is 6.01 Å². The lowest BCUT2D eigenvalue weighted by molar-refractivity contribution is 0.107. The molecule has 8 rings (SSSR count). The Morgan fingerprint density at radius 1 is 1.04 bits per heavy atom. The number of aromatic nitrogens is 4. The molecule has 45 heavy (non-hydrogen) atoms. The van der Waals surface area contributed by atoms with Crippen LogP contribution in [0.3, 0.4) is 0 Å². The van der Waals surface area contributed by atoms with Crippen molar-refractivity contribution < 1.29 is 18.6 Å². The van der Waals surface area contributed by atoms with E-state index in [2.05, 4.69) is 30.5 Å². The van der Waals surface area contributed by atoms with Crippen molar-refractivity contribution in [3.05, 3.63) is 64.9 Å². The number of hydrogen-bond donors (Lipinski definition) is 1. The lowest BCUT2D eigenvalue weighted by Crippen LogP contribution is -2.43. The maximum absolute atomic E-state index is 15.0. The minimum Gasteiger partial charge on any atom is -0.508 e. The van der Waals surface area contributed by atoms with Crippen molar-refractivity contribution in [2.24, 2.45) is 0 Å². The number of benzene rings is 2. The molecule has 2 aromatic carbocycles. The predicted molar refractivity (Wildman–Crippen MR) is 168 cm³/mol. The van der Waals surface area contributed by atoms with Crippen LogP contribution < -0.4 is 14.5 Å². The number of rotatable bonds is 6. The van der Waals surface area contributed by atoms with Crippen molar-refractivity contribution in [1.29, 1.82) is 0 Å². The molecular weight excluding hydrogens is 576 g/mol. The first kappa shape index (κ1) is 28.5. The molecule has 1 N–H and O–H groups in total. The summed E-state index contributed by atoms with van der Waals surface area (Å²) in [6.07, 6.45) is 5.62. The highest BCUT2D eigenvalue weighted by Gasteiger charge is 2.49. The highest BCUT2D eigenvalue weighted by atomic mass is 19.1. The van der Waals surface area contributed by atoms with Crippen molar-refractivity contribution >= 4 is 22.3 Å². The molecule has 4 aliphatic rings. The van der Waals surface area contributed by atoms with Gasteiger partial charge in [-0.25, -0.2) is 8.78 Å². The fourth-order valence-electron chi connectivity index (χ4n) is 8.20. The van der Waals surface area contributed by atoms with E-state index in [1.165, 1.54) is 6.07 Å². The fourth-order valence-corrected chi connectivity index (χ4v) is 8.20. The SMILES string of the molecule is CCc1c(F)ccc2cc(O)cc(N3CCc4c(nc(OC[C@@]56CCCN5C[C@H](F)C6)nc4N4CCCn5nccc5C4)C3)c12. The standard InChI is InChI=1S/C34H39F2N7O2/c1-2-26-28(36)6-5-22-15-25(44)16-30(31(22)26)40-14-8-27-29(20-40)38-33(45-21-34-9-3-12-42(34)18-23(35)17-34)39-32(27)41-11-4-13-43-24(19-41)7-10-37-43/h5-7,10,15-16,23,44H,2-4,8-9,11-14,17-21H2,1H3/t23-,34+/m1/s1. The first-order valence-electron chi connectivity index (χ1n) is 16.3. The molecule has 0 amide bonds. The number of alkyl halides is 1. The van der Waals surface area contributed by atoms with Crippen molar-refractivity contribution in [3.63, 3.8) is 0 Å². The fraction of sp³-hybridized carbons (Fsp3) is 0.500. The van der Waals surface area contributed by atoms with Crippen molar-refractivity contribution in [1.82, 2.24) is 24.6 Å². The average Bonchev–Trinajstić information content (AvgIpc) is 3.68. The highest BCUT2D eigenvalue weighted by Crippen LogP contribution is 2.42. The second kappa shape index (κ2) is 11.1. The molecule has 4 aromatic rings. The normalized spacial score (nSPS) is 23.2. The summed E-state index contributed by atoms with van der Waals surface area (Å²) in [7, 11) is 0. The molecule has 0 radical (unpaired) electrons. The van der Waals surface area contributed by atoms with Gasteiger partial charge in [0.25, 0.3) is 0 Å². The molecule has 2 saturated heterocycles. The summed E-state index contributed by atoms with van der Waals surface area (Å²) in [5.41, 5.74) is 4.23. The summed E-state index contributed by atoms with van der Waals surface area (Å²) in [6.45, 7) is 7.18. The van der Waals surface area contributed by atoms with E-state index in [4.69, 9.17) is 14.7 Å². The molecule has 9 nitrogen and oxygen atoms in total. The molecule has 236 valence electrons. The van der Waals surface area contributed by atoms with Crippen LogP contribution in [0.4, 0.5) is 20.3 Å². The number of phenolic OH excluding ortho intramolecular Hbond substituents is 1. The van der Waals surface area contributed by atoms with E-state index < -0.39 is 6.17 Å². The summed E-state index contributed by atoms with van der Waals surface area (Å²) in [6, 6.07) is 9.02. The molecule has 2 atom stereocenters. The van der Waals surface area contributed by atoms with Gasteiger partial charge in [0.05, 0.1) is 30.0 Å². The number of hydrogen-bond acceptors (Lipinski definition) is 8. The van der Waals surface area contributed by atoms with Gasteiger partial charge in [-0.1, -0.05) is 13.0 Å². The van der Waals surface area contributed by atoms with Gasteiger partial charge < -0.3 is 19.6 Å². The van der Waals surface area contributed by atoms with Crippen LogP contribution in [0, 0.1) is 5.82 Å². The highest BCUT2D eigenvalue weighted by molar-refractivity contribution is 5.98. The van der Waals surface area contributed by atoms with E-state index in [1.54, 1.807) is 18.2 Å². The maximum Gasteiger partial charge on any atom is 0.318 e. The molecule has 0 aliphatic carbocycles. The number of aryl methyl sites for hydroxylation is 2. The molecular formula is C34H39F2N7O2. The van der Waals surface area contributed by atoms with E-state index in [1.807, 2.05) is 13.1 Å². The van der Waals surface area contributed by atoms with Crippen LogP contribution in [0.15, 0.2) is 36.5 Å². The number of nitrogens with zero attached hydrogens (tertiary/aromatic N) is 7. The second-order valence-corrected chi connectivity index (χ2v) is 13.1. The number of halogens is 2. The molecule has 0 spiro atoms. The van der Waals surface area contributed by atoms with Crippen molar-refractivity contribution in [2.45, 2.75) is 76.8 Å². The zero-order valence-corrected chi connectivity index (χ0v) is 25.7. The third-order valence-corrected chi connectivity index (χ3v) is 10.3. The summed E-state index contributed by atoms with van der Waals surface area (Å²) in [5.74, 6) is 0.785. The number of aromatic hydroxyl groups is 1. The number of ether oxygens (including phenoxy) is 1. The lowest BCUT2D eigenvalue weighted by atomic mass is 9.95. The third kappa shape index (κ3) is 4.95. The second-order valence-electron chi connectivity index (χ2n) is 13.1. The van der Waals surface area contributed by atoms with Gasteiger partial charge in [-0.3, -0.25) is 9.58 Å². The van der Waals surface area contributed by atoms with Crippen molar-refractivity contribution in [3.8, 4) is 11.8 Å². The Balaban J connectivity index is 1.18. The molecule has 4 aliphatic heterocycles. The van der Waals surface area contributed by atoms with Gasteiger partial charge in [-0.05, 0) is 67.8 Å². The molecule has 2 fully saturated rings. The Hall–Kier alpha value is -3.99. The Kier molecular flexibility index (Phi) is 7.04. The van der Waals surface area contributed by atoms with Gasteiger partial charge in [0, 0.05) is 61.5 Å². The van der Waals surface area contributed by atoms with Crippen LogP contribution >= 0.6 is 0 Å². The number of anilines is 2. The van der Waals surface area contributed by atoms with E-state index in [-0.39, 0.29) is 17.1 Å². The molecule has 0 saturated carbocycles. The van der Waals surface area contributed by atoms with Gasteiger partial charge in [-0.15, -0.1) is 0 Å². The summed E-state index contributed by atoms with van der Waals surface area (Å²) in [4.78, 5) is 16.8. The topological polar surface area (TPSA) is 82.8 Å². The van der Waals surface area contributed by atoms with Gasteiger partial charge in [-0.2, -0.15) is 15.1 Å². The van der Waals surface area contributed by atoms with Gasteiger partial charge in [0.15, 0.2) is 0 Å². The van der Waals surface area contributed by atoms with E-state index >= 15 is 4.39 Å². The molecule has 2 aromatic heterocycles. The predicted octanol–water partition coefficient (Wildman–Crippen LogP) is 5.16. The van der Waals surface area contributed by atoms with Crippen LogP contribution in [-0.2, 0) is 32.5 Å². The Morgan fingerprint density at radius 3 is 2.84 bits per heavy atom. The summed E-state index contributed by atoms with van der Waals surface area (Å²) in [5, 5.41) is 16.8. The van der Waals surface area contributed by atoms with E-state index in [0.717, 1.165) is 78.1 Å². The average molecular weight is 616 g/mol. The van der Waals surface area contributed by atoms with Crippen LogP contribution in [0.5, 0.6) is 11.8 Å². The van der Waals surface area contributed by atoms with Crippen molar-refractivity contribution in [2.75, 3.05) is 42.6 Å². The molecule has 0 bridgehead atoms. The summed E-state index contributed by atoms with van der Waals surface area (Å²) >= 11 is 0. The third-order valence-electron chi connectivity index (χ3n) is 10.3. The number of phenols is 1. The first-order valence-corrected chi connectivity index (χ1v) is 16.3. The molecule has 6 heterocycles. The van der Waals surface area contributed by atoms with Gasteiger partial charge in [0.1, 0.15) is 30.2 Å². The Labute approximate surface area is 261 Å². The molecule has 11 heteroatoms.